The van der Waals surface area contributed by atoms with Crippen LogP contribution in [0, 0.1) is 5.92 Å². The maximum absolute atomic E-state index is 5.97. The number of oxazole rings is 1. The summed E-state index contributed by atoms with van der Waals surface area (Å²) in [5.74, 6) is 1.44. The fourth-order valence-corrected chi connectivity index (χ4v) is 5.30. The molecule has 0 radical (unpaired) electrons. The van der Waals surface area contributed by atoms with Crippen molar-refractivity contribution in [2.24, 2.45) is 5.92 Å². The van der Waals surface area contributed by atoms with Crippen molar-refractivity contribution in [3.63, 3.8) is 0 Å². The third kappa shape index (κ3) is 5.87. The Morgan fingerprint density at radius 2 is 1.44 bits per heavy atom. The maximum atomic E-state index is 5.97. The van der Waals surface area contributed by atoms with Crippen molar-refractivity contribution < 1.29 is 4.42 Å². The fraction of sp³-hybridized carbons (Fsp3) is 0.367. The lowest BCUT2D eigenvalue weighted by atomic mass is 9.92. The molecule has 4 aromatic rings. The molecule has 0 saturated carbocycles. The number of hydrogen-bond acceptors (Lipinski definition) is 4. The lowest BCUT2D eigenvalue weighted by molar-refractivity contribution is 0.245. The predicted molar refractivity (Wildman–Crippen MR) is 140 cm³/mol. The summed E-state index contributed by atoms with van der Waals surface area (Å²) >= 11 is 0. The standard InChI is InChI=1S/C24H29N3O.C6H6/c1-2-7-20(8-3-1)21-9-6-14-26(15-13-21)17-19-12-16-27(18-19)24-25-22-10-4-5-11-23(22)28-24;1-2-4-6-5-3-1/h1-5,7-8,10-11,19,21H,6,9,12-18H2;1-6H/t19-,21?;/m0./s1. The molecule has 2 fully saturated rings. The van der Waals surface area contributed by atoms with E-state index in [1.54, 1.807) is 0 Å². The average molecular weight is 454 g/mol. The monoisotopic (exact) mass is 453 g/mol. The van der Waals surface area contributed by atoms with Gasteiger partial charge in [-0.25, -0.2) is 0 Å². The van der Waals surface area contributed by atoms with E-state index in [2.05, 4.69) is 45.1 Å². The molecule has 2 aliphatic heterocycles. The second-order valence-electron chi connectivity index (χ2n) is 9.56. The van der Waals surface area contributed by atoms with Crippen LogP contribution in [0.1, 0.15) is 37.2 Å². The molecule has 2 saturated heterocycles. The summed E-state index contributed by atoms with van der Waals surface area (Å²) < 4.78 is 5.97. The normalized spacial score (nSPS) is 21.1. The van der Waals surface area contributed by atoms with Gasteiger partial charge in [0.25, 0.3) is 6.01 Å². The molecule has 2 aliphatic rings. The molecule has 3 aromatic carbocycles. The van der Waals surface area contributed by atoms with Crippen molar-refractivity contribution in [1.82, 2.24) is 9.88 Å². The van der Waals surface area contributed by atoms with E-state index < -0.39 is 0 Å². The molecule has 4 heteroatoms. The van der Waals surface area contributed by atoms with E-state index in [1.165, 1.54) is 50.9 Å². The van der Waals surface area contributed by atoms with Crippen LogP contribution in [0.4, 0.5) is 6.01 Å². The SMILES string of the molecule is c1ccc(C2CCCN(C[C@@H]3CCN(c4nc5ccccc5o4)C3)CC2)cc1.c1ccccc1. The van der Waals surface area contributed by atoms with Crippen LogP contribution < -0.4 is 4.90 Å². The van der Waals surface area contributed by atoms with Crippen molar-refractivity contribution in [3.05, 3.63) is 96.6 Å². The van der Waals surface area contributed by atoms with Crippen LogP contribution in [0.25, 0.3) is 11.1 Å². The van der Waals surface area contributed by atoms with Crippen LogP contribution in [0.5, 0.6) is 0 Å². The second-order valence-corrected chi connectivity index (χ2v) is 9.56. The molecular formula is C30H35N3O. The van der Waals surface area contributed by atoms with Gasteiger partial charge in [0.05, 0.1) is 0 Å². The molecule has 6 rings (SSSR count). The first-order valence-electron chi connectivity index (χ1n) is 12.7. The maximum Gasteiger partial charge on any atom is 0.298 e. The molecule has 0 bridgehead atoms. The van der Waals surface area contributed by atoms with Crippen LogP contribution in [-0.4, -0.2) is 42.6 Å². The number of para-hydroxylation sites is 2. The predicted octanol–water partition coefficient (Wildman–Crippen LogP) is 6.61. The zero-order valence-electron chi connectivity index (χ0n) is 19.9. The lowest BCUT2D eigenvalue weighted by Gasteiger charge is -2.24. The Hall–Kier alpha value is -3.11. The first kappa shape index (κ1) is 22.7. The van der Waals surface area contributed by atoms with Crippen molar-refractivity contribution in [1.29, 1.82) is 0 Å². The van der Waals surface area contributed by atoms with Crippen LogP contribution in [-0.2, 0) is 0 Å². The Kier molecular flexibility index (Phi) is 7.57. The van der Waals surface area contributed by atoms with Gasteiger partial charge in [0.2, 0.25) is 0 Å². The minimum atomic E-state index is 0.711. The Labute approximate surface area is 203 Å². The Morgan fingerprint density at radius 3 is 2.21 bits per heavy atom. The molecule has 0 N–H and O–H groups in total. The third-order valence-corrected chi connectivity index (χ3v) is 7.11. The van der Waals surface area contributed by atoms with Crippen molar-refractivity contribution >= 4 is 17.1 Å². The van der Waals surface area contributed by atoms with Gasteiger partial charge in [-0.15, -0.1) is 0 Å². The van der Waals surface area contributed by atoms with Crippen LogP contribution in [0.15, 0.2) is 95.4 Å². The van der Waals surface area contributed by atoms with E-state index >= 15 is 0 Å². The second kappa shape index (κ2) is 11.3. The topological polar surface area (TPSA) is 32.5 Å². The number of nitrogens with zero attached hydrogens (tertiary/aromatic N) is 3. The zero-order valence-corrected chi connectivity index (χ0v) is 19.9. The van der Waals surface area contributed by atoms with E-state index in [0.29, 0.717) is 5.92 Å². The van der Waals surface area contributed by atoms with E-state index in [0.717, 1.165) is 36.1 Å². The Bertz CT molecular complexity index is 1070. The molecular weight excluding hydrogens is 418 g/mol. The van der Waals surface area contributed by atoms with E-state index in [4.69, 9.17) is 4.42 Å². The summed E-state index contributed by atoms with van der Waals surface area (Å²) in [5.41, 5.74) is 3.37. The summed E-state index contributed by atoms with van der Waals surface area (Å²) in [5, 5.41) is 0. The molecule has 0 amide bonds. The van der Waals surface area contributed by atoms with Gasteiger partial charge in [0.1, 0.15) is 5.52 Å². The molecule has 1 unspecified atom stereocenters. The molecule has 2 atom stereocenters. The summed E-state index contributed by atoms with van der Waals surface area (Å²) in [4.78, 5) is 9.71. The van der Waals surface area contributed by atoms with Crippen molar-refractivity contribution in [2.75, 3.05) is 37.6 Å². The number of hydrogen-bond donors (Lipinski definition) is 0. The quantitative estimate of drug-likeness (QED) is 0.348. The first-order valence-corrected chi connectivity index (χ1v) is 12.7. The van der Waals surface area contributed by atoms with Gasteiger partial charge in [-0.2, -0.15) is 4.98 Å². The van der Waals surface area contributed by atoms with Gasteiger partial charge in [0, 0.05) is 19.6 Å². The van der Waals surface area contributed by atoms with E-state index in [1.807, 2.05) is 60.7 Å². The van der Waals surface area contributed by atoms with E-state index in [9.17, 15) is 0 Å². The average Bonchev–Trinajstić information content (AvgIpc) is 3.48. The number of aromatic nitrogens is 1. The molecule has 1 aromatic heterocycles. The zero-order chi connectivity index (χ0) is 23.0. The fourth-order valence-electron chi connectivity index (χ4n) is 5.30. The van der Waals surface area contributed by atoms with Gasteiger partial charge in [0.15, 0.2) is 5.58 Å². The summed E-state index contributed by atoms with van der Waals surface area (Å²) in [6, 6.07) is 31.9. The number of benzene rings is 3. The van der Waals surface area contributed by atoms with Crippen LogP contribution in [0.3, 0.4) is 0 Å². The minimum Gasteiger partial charge on any atom is -0.423 e. The van der Waals surface area contributed by atoms with Crippen molar-refractivity contribution in [2.45, 2.75) is 31.6 Å². The summed E-state index contributed by atoms with van der Waals surface area (Å²) in [7, 11) is 0. The van der Waals surface area contributed by atoms with Gasteiger partial charge < -0.3 is 14.2 Å². The lowest BCUT2D eigenvalue weighted by Crippen LogP contribution is -2.32. The van der Waals surface area contributed by atoms with Gasteiger partial charge in [-0.05, 0) is 68.3 Å². The Balaban J connectivity index is 0.000000351. The summed E-state index contributed by atoms with van der Waals surface area (Å²) in [6.45, 7) is 5.78. The number of fused-ring (bicyclic) bond motifs is 1. The smallest absolute Gasteiger partial charge is 0.298 e. The Morgan fingerprint density at radius 1 is 0.735 bits per heavy atom. The molecule has 3 heterocycles. The van der Waals surface area contributed by atoms with Crippen molar-refractivity contribution in [3.8, 4) is 0 Å². The highest BCUT2D eigenvalue weighted by molar-refractivity contribution is 5.74. The number of rotatable bonds is 4. The molecule has 0 aliphatic carbocycles. The highest BCUT2D eigenvalue weighted by atomic mass is 16.4. The molecule has 4 nitrogen and oxygen atoms in total. The highest BCUT2D eigenvalue weighted by Gasteiger charge is 2.28. The van der Waals surface area contributed by atoms with Gasteiger partial charge in [-0.3, -0.25) is 0 Å². The largest absolute Gasteiger partial charge is 0.423 e. The van der Waals surface area contributed by atoms with Gasteiger partial charge in [-0.1, -0.05) is 78.9 Å². The molecule has 176 valence electrons. The number of likely N-dealkylation sites (tertiary alicyclic amines) is 1. The van der Waals surface area contributed by atoms with Gasteiger partial charge >= 0.3 is 0 Å². The minimum absolute atomic E-state index is 0.711. The number of anilines is 1. The first-order chi connectivity index (χ1) is 16.8. The van der Waals surface area contributed by atoms with Crippen LogP contribution >= 0.6 is 0 Å². The molecule has 34 heavy (non-hydrogen) atoms. The van der Waals surface area contributed by atoms with Crippen LogP contribution in [0.2, 0.25) is 0 Å². The molecule has 0 spiro atoms. The third-order valence-electron chi connectivity index (χ3n) is 7.11. The van der Waals surface area contributed by atoms with E-state index in [-0.39, 0.29) is 0 Å². The highest BCUT2D eigenvalue weighted by Crippen LogP contribution is 2.30. The summed E-state index contributed by atoms with van der Waals surface area (Å²) in [6.07, 6.45) is 5.14.